The van der Waals surface area contributed by atoms with Crippen molar-refractivity contribution in [2.24, 2.45) is 4.99 Å². The van der Waals surface area contributed by atoms with Gasteiger partial charge in [-0.15, -0.1) is 0 Å². The summed E-state index contributed by atoms with van der Waals surface area (Å²) in [6.45, 7) is 2.50. The number of amides is 1. The normalized spacial score (nSPS) is 23.5. The van der Waals surface area contributed by atoms with Crippen molar-refractivity contribution in [2.45, 2.75) is 31.1 Å². The topological polar surface area (TPSA) is 76.0 Å². The Labute approximate surface area is 181 Å². The van der Waals surface area contributed by atoms with Gasteiger partial charge in [0.25, 0.3) is 0 Å². The molecular weight excluding hydrogens is 420 g/mol. The minimum atomic E-state index is -3.09. The number of hydrogen-bond donors (Lipinski definition) is 0. The number of hydrogen-bond acceptors (Lipinski definition) is 5. The summed E-state index contributed by atoms with van der Waals surface area (Å²) in [5, 5.41) is 0.476. The van der Waals surface area contributed by atoms with Gasteiger partial charge >= 0.3 is 0 Å². The molecule has 2 aliphatic heterocycles. The molecule has 6 nitrogen and oxygen atoms in total. The smallest absolute Gasteiger partial charge is 0.248 e. The van der Waals surface area contributed by atoms with Crippen LogP contribution in [-0.4, -0.2) is 48.9 Å². The number of thioether (sulfide) groups is 1. The first kappa shape index (κ1) is 20.9. The zero-order chi connectivity index (χ0) is 21.1. The zero-order valence-corrected chi connectivity index (χ0v) is 18.4. The van der Waals surface area contributed by atoms with Crippen molar-refractivity contribution in [3.8, 4) is 5.75 Å². The third-order valence-electron chi connectivity index (χ3n) is 5.18. The maximum Gasteiger partial charge on any atom is 0.248 e. The van der Waals surface area contributed by atoms with Crippen LogP contribution in [0.2, 0.25) is 0 Å². The zero-order valence-electron chi connectivity index (χ0n) is 16.7. The van der Waals surface area contributed by atoms with E-state index in [1.54, 1.807) is 0 Å². The van der Waals surface area contributed by atoms with Crippen LogP contribution in [-0.2, 0) is 21.1 Å². The quantitative estimate of drug-likeness (QED) is 0.680. The third-order valence-corrected chi connectivity index (χ3v) is 8.39. The molecule has 8 heteroatoms. The maximum absolute atomic E-state index is 12.6. The number of sulfone groups is 1. The lowest BCUT2D eigenvalue weighted by Crippen LogP contribution is -2.37. The minimum absolute atomic E-state index is 0.0785. The van der Waals surface area contributed by atoms with Gasteiger partial charge in [0.15, 0.2) is 15.0 Å². The van der Waals surface area contributed by atoms with Gasteiger partial charge in [-0.3, -0.25) is 4.79 Å². The molecule has 2 aromatic carbocycles. The van der Waals surface area contributed by atoms with Crippen LogP contribution in [0.25, 0.3) is 0 Å². The van der Waals surface area contributed by atoms with Gasteiger partial charge in [-0.05, 0) is 43.2 Å². The Hall–Kier alpha value is -2.32. The highest BCUT2D eigenvalue weighted by Crippen LogP contribution is 2.41. The van der Waals surface area contributed by atoms with E-state index in [2.05, 4.69) is 4.99 Å². The molecular formula is C22H24N2O4S2. The van der Waals surface area contributed by atoms with Crippen molar-refractivity contribution in [3.63, 3.8) is 0 Å². The molecule has 2 saturated heterocycles. The van der Waals surface area contributed by atoms with Gasteiger partial charge in [0.05, 0.1) is 24.2 Å². The number of fused-ring (bicyclic) bond motifs is 1. The van der Waals surface area contributed by atoms with E-state index in [1.807, 2.05) is 66.4 Å². The summed E-state index contributed by atoms with van der Waals surface area (Å²) in [4.78, 5) is 18.9. The van der Waals surface area contributed by atoms with E-state index < -0.39 is 9.84 Å². The number of amidine groups is 1. The van der Waals surface area contributed by atoms with Crippen molar-refractivity contribution < 1.29 is 17.9 Å². The fourth-order valence-corrected chi connectivity index (χ4v) is 7.73. The van der Waals surface area contributed by atoms with Crippen LogP contribution < -0.4 is 9.64 Å². The van der Waals surface area contributed by atoms with Crippen molar-refractivity contribution >= 4 is 38.4 Å². The molecule has 0 spiro atoms. The second-order valence-electron chi connectivity index (χ2n) is 7.37. The molecule has 30 heavy (non-hydrogen) atoms. The second-order valence-corrected chi connectivity index (χ2v) is 10.7. The number of aliphatic imine (C=N–C) groups is 1. The van der Waals surface area contributed by atoms with Crippen LogP contribution in [0.5, 0.6) is 5.75 Å². The first-order valence-electron chi connectivity index (χ1n) is 10.00. The molecule has 1 amide bonds. The summed E-state index contributed by atoms with van der Waals surface area (Å²) in [5.41, 5.74) is 1.92. The fourth-order valence-electron chi connectivity index (χ4n) is 3.79. The summed E-state index contributed by atoms with van der Waals surface area (Å²) >= 11 is 1.40. The highest BCUT2D eigenvalue weighted by Gasteiger charge is 2.49. The van der Waals surface area contributed by atoms with Crippen LogP contribution in [0.1, 0.15) is 18.9 Å². The lowest BCUT2D eigenvalue weighted by molar-refractivity contribution is -0.117. The molecule has 0 N–H and O–H groups in total. The van der Waals surface area contributed by atoms with Crippen molar-refractivity contribution in [1.82, 2.24) is 0 Å². The number of carbonyl (C=O) groups excluding carboxylic acids is 1. The van der Waals surface area contributed by atoms with E-state index in [-0.39, 0.29) is 28.7 Å². The number of benzene rings is 2. The molecule has 2 atom stereocenters. The first-order valence-corrected chi connectivity index (χ1v) is 12.7. The Kier molecular flexibility index (Phi) is 6.15. The number of ether oxygens (including phenoxy) is 1. The largest absolute Gasteiger partial charge is 0.494 e. The Morgan fingerprint density at radius 1 is 1.13 bits per heavy atom. The first-order chi connectivity index (χ1) is 14.4. The van der Waals surface area contributed by atoms with Gasteiger partial charge in [-0.25, -0.2) is 8.42 Å². The van der Waals surface area contributed by atoms with Crippen LogP contribution >= 0.6 is 11.8 Å². The van der Waals surface area contributed by atoms with Crippen molar-refractivity contribution in [2.75, 3.05) is 23.0 Å². The molecule has 0 saturated carbocycles. The monoisotopic (exact) mass is 444 g/mol. The van der Waals surface area contributed by atoms with Crippen LogP contribution in [0, 0.1) is 0 Å². The molecule has 2 aliphatic rings. The van der Waals surface area contributed by atoms with Gasteiger partial charge in [0.2, 0.25) is 5.91 Å². The standard InChI is InChI=1S/C22H24N2O4S2/c1-2-28-18-11-9-17(10-12-18)24-19-14-30(26,27)15-20(19)29-22(24)23-21(25)13-8-16-6-4-3-5-7-16/h3-7,9-12,19-20H,2,8,13-15H2,1H3/t19-,20-/m0/s1. The van der Waals surface area contributed by atoms with Gasteiger partial charge < -0.3 is 9.64 Å². The molecule has 0 radical (unpaired) electrons. The second kappa shape index (κ2) is 8.81. The number of rotatable bonds is 6. The lowest BCUT2D eigenvalue weighted by Gasteiger charge is -2.24. The Bertz CT molecular complexity index is 1040. The lowest BCUT2D eigenvalue weighted by atomic mass is 10.1. The number of nitrogens with zero attached hydrogens (tertiary/aromatic N) is 2. The molecule has 2 aromatic rings. The van der Waals surface area contributed by atoms with Gasteiger partial charge in [0.1, 0.15) is 5.75 Å². The molecule has 2 fully saturated rings. The van der Waals surface area contributed by atoms with Crippen LogP contribution in [0.3, 0.4) is 0 Å². The summed E-state index contributed by atoms with van der Waals surface area (Å²) in [7, 11) is -3.09. The summed E-state index contributed by atoms with van der Waals surface area (Å²) in [6, 6.07) is 17.1. The van der Waals surface area contributed by atoms with Gasteiger partial charge in [-0.2, -0.15) is 4.99 Å². The van der Waals surface area contributed by atoms with Gasteiger partial charge in [-0.1, -0.05) is 42.1 Å². The van der Waals surface area contributed by atoms with Gasteiger partial charge in [0, 0.05) is 17.4 Å². The average Bonchev–Trinajstić information content (AvgIpc) is 3.19. The molecule has 2 heterocycles. The molecule has 0 aromatic heterocycles. The van der Waals surface area contributed by atoms with E-state index >= 15 is 0 Å². The highest BCUT2D eigenvalue weighted by molar-refractivity contribution is 8.16. The summed E-state index contributed by atoms with van der Waals surface area (Å²) in [5.74, 6) is 0.753. The van der Waals surface area contributed by atoms with E-state index in [0.717, 1.165) is 17.0 Å². The fraction of sp³-hybridized carbons (Fsp3) is 0.364. The maximum atomic E-state index is 12.6. The van der Waals surface area contributed by atoms with Crippen LogP contribution in [0.15, 0.2) is 59.6 Å². The van der Waals surface area contributed by atoms with Crippen molar-refractivity contribution in [3.05, 3.63) is 60.2 Å². The summed E-state index contributed by atoms with van der Waals surface area (Å²) in [6.07, 6.45) is 0.949. The number of carbonyl (C=O) groups is 1. The summed E-state index contributed by atoms with van der Waals surface area (Å²) < 4.78 is 29.9. The SMILES string of the molecule is CCOc1ccc(N2C(=NC(=O)CCc3ccccc3)S[C@H]3CS(=O)(=O)C[C@@H]32)cc1. The number of aryl methyl sites for hydroxylation is 1. The molecule has 0 unspecified atom stereocenters. The Morgan fingerprint density at radius 2 is 1.87 bits per heavy atom. The predicted molar refractivity (Wildman–Crippen MR) is 121 cm³/mol. The number of anilines is 1. The van der Waals surface area contributed by atoms with E-state index in [0.29, 0.717) is 24.6 Å². The van der Waals surface area contributed by atoms with E-state index in [1.165, 1.54) is 11.8 Å². The molecule has 0 bridgehead atoms. The van der Waals surface area contributed by atoms with Crippen molar-refractivity contribution in [1.29, 1.82) is 0 Å². The van der Waals surface area contributed by atoms with E-state index in [4.69, 9.17) is 4.74 Å². The van der Waals surface area contributed by atoms with Crippen LogP contribution in [0.4, 0.5) is 5.69 Å². The van der Waals surface area contributed by atoms with E-state index in [9.17, 15) is 13.2 Å². The Morgan fingerprint density at radius 3 is 2.57 bits per heavy atom. The third kappa shape index (κ3) is 4.70. The minimum Gasteiger partial charge on any atom is -0.494 e. The Balaban J connectivity index is 1.56. The predicted octanol–water partition coefficient (Wildman–Crippen LogP) is 3.32. The average molecular weight is 445 g/mol. The highest BCUT2D eigenvalue weighted by atomic mass is 32.2. The molecule has 158 valence electrons. The molecule has 4 rings (SSSR count). The molecule has 0 aliphatic carbocycles.